The molecule has 0 aromatic rings. The number of carbonyl (C=O) groups is 2. The Morgan fingerprint density at radius 2 is 0.733 bits per heavy atom. The van der Waals surface area contributed by atoms with Gasteiger partial charge in [0.25, 0.3) is 0 Å². The fourth-order valence-electron chi connectivity index (χ4n) is 12.4. The average molecular weight is 1220 g/mol. The van der Waals surface area contributed by atoms with Crippen molar-refractivity contribution in [3.8, 4) is 0 Å². The zero-order chi connectivity index (χ0) is 62.3. The minimum atomic E-state index is -1.57. The highest BCUT2D eigenvalue weighted by atomic mass is 16.7. The zero-order valence-corrected chi connectivity index (χ0v) is 56.8. The van der Waals surface area contributed by atoms with Crippen LogP contribution in [0.4, 0.5) is 0 Å². The Morgan fingerprint density at radius 1 is 0.419 bits per heavy atom. The van der Waals surface area contributed by atoms with Crippen LogP contribution in [0.1, 0.15) is 393 Å². The van der Waals surface area contributed by atoms with Crippen LogP contribution in [0.15, 0.2) is 12.2 Å². The van der Waals surface area contributed by atoms with Crippen molar-refractivity contribution in [2.24, 2.45) is 0 Å². The molecular weight excluding hydrogens is 1070 g/mol. The number of ether oxygens (including phenoxy) is 3. The van der Waals surface area contributed by atoms with Gasteiger partial charge in [0, 0.05) is 12.8 Å². The summed E-state index contributed by atoms with van der Waals surface area (Å²) >= 11 is 0. The van der Waals surface area contributed by atoms with Crippen LogP contribution in [0.3, 0.4) is 0 Å². The lowest BCUT2D eigenvalue weighted by Gasteiger charge is -2.40. The molecule has 0 spiro atoms. The van der Waals surface area contributed by atoms with E-state index in [0.29, 0.717) is 19.4 Å². The molecule has 0 aromatic carbocycles. The Bertz CT molecular complexity index is 1430. The first kappa shape index (κ1) is 82.4. The number of carbonyl (C=O) groups excluding carboxylic acids is 2. The molecular formula is C75H145NO10. The molecule has 7 unspecified atom stereocenters. The van der Waals surface area contributed by atoms with Crippen molar-refractivity contribution in [2.75, 3.05) is 19.8 Å². The van der Waals surface area contributed by atoms with Crippen molar-refractivity contribution < 1.29 is 49.3 Å². The Morgan fingerprint density at radius 3 is 1.08 bits per heavy atom. The summed E-state index contributed by atoms with van der Waals surface area (Å²) in [6.45, 7) is 4.37. The molecule has 0 saturated carbocycles. The van der Waals surface area contributed by atoms with Gasteiger partial charge in [-0.25, -0.2) is 0 Å². The summed E-state index contributed by atoms with van der Waals surface area (Å²) in [4.78, 5) is 25.1. The predicted octanol–water partition coefficient (Wildman–Crippen LogP) is 19.8. The van der Waals surface area contributed by atoms with E-state index in [4.69, 9.17) is 14.2 Å². The fourth-order valence-corrected chi connectivity index (χ4v) is 12.4. The van der Waals surface area contributed by atoms with E-state index in [2.05, 4.69) is 19.2 Å². The van der Waals surface area contributed by atoms with Crippen molar-refractivity contribution >= 4 is 11.9 Å². The van der Waals surface area contributed by atoms with Crippen LogP contribution in [-0.2, 0) is 23.8 Å². The largest absolute Gasteiger partial charge is 0.466 e. The van der Waals surface area contributed by atoms with Gasteiger partial charge in [-0.2, -0.15) is 0 Å². The maximum absolute atomic E-state index is 13.0. The maximum Gasteiger partial charge on any atom is 0.305 e. The van der Waals surface area contributed by atoms with Gasteiger partial charge in [0.05, 0.1) is 32.0 Å². The maximum atomic E-state index is 13.0. The van der Waals surface area contributed by atoms with Gasteiger partial charge in [0.15, 0.2) is 6.29 Å². The van der Waals surface area contributed by atoms with Gasteiger partial charge in [-0.1, -0.05) is 360 Å². The van der Waals surface area contributed by atoms with Gasteiger partial charge in [-0.05, 0) is 32.1 Å². The molecule has 1 rings (SSSR count). The quantitative estimate of drug-likeness (QED) is 0.0195. The normalized spacial score (nSPS) is 17.9. The van der Waals surface area contributed by atoms with Gasteiger partial charge < -0.3 is 45.1 Å². The Kier molecular flexibility index (Phi) is 62.2. The number of unbranched alkanes of at least 4 members (excludes halogenated alkanes) is 54. The lowest BCUT2D eigenvalue weighted by atomic mass is 9.99. The van der Waals surface area contributed by atoms with Gasteiger partial charge in [-0.15, -0.1) is 0 Å². The van der Waals surface area contributed by atoms with E-state index in [9.17, 15) is 35.1 Å². The number of aliphatic hydroxyl groups excluding tert-OH is 5. The van der Waals surface area contributed by atoms with E-state index in [-0.39, 0.29) is 18.5 Å². The highest BCUT2D eigenvalue weighted by molar-refractivity contribution is 5.76. The number of aliphatic hydroxyl groups is 5. The number of amides is 1. The molecule has 6 N–H and O–H groups in total. The second-order valence-corrected chi connectivity index (χ2v) is 26.7. The van der Waals surface area contributed by atoms with Crippen molar-refractivity contribution in [3.05, 3.63) is 12.2 Å². The second-order valence-electron chi connectivity index (χ2n) is 26.7. The monoisotopic (exact) mass is 1220 g/mol. The van der Waals surface area contributed by atoms with E-state index in [0.717, 1.165) is 51.4 Å². The van der Waals surface area contributed by atoms with Gasteiger partial charge >= 0.3 is 5.97 Å². The third kappa shape index (κ3) is 53.1. The molecule has 0 aromatic heterocycles. The minimum Gasteiger partial charge on any atom is -0.466 e. The summed E-state index contributed by atoms with van der Waals surface area (Å²) in [6.07, 6.45) is 71.0. The molecule has 1 aliphatic heterocycles. The van der Waals surface area contributed by atoms with E-state index < -0.39 is 49.5 Å². The Labute approximate surface area is 531 Å². The first-order chi connectivity index (χ1) is 42.2. The minimum absolute atomic E-state index is 0.0186. The topological polar surface area (TPSA) is 175 Å². The number of allylic oxidation sites excluding steroid dienone is 1. The molecule has 11 heteroatoms. The third-order valence-corrected chi connectivity index (χ3v) is 18.4. The molecule has 11 nitrogen and oxygen atoms in total. The lowest BCUT2D eigenvalue weighted by molar-refractivity contribution is -0.302. The molecule has 1 aliphatic rings. The summed E-state index contributed by atoms with van der Waals surface area (Å²) in [7, 11) is 0. The van der Waals surface area contributed by atoms with Gasteiger partial charge in [-0.3, -0.25) is 9.59 Å². The summed E-state index contributed by atoms with van der Waals surface area (Å²) in [6, 6.07) is -0.804. The fraction of sp³-hybridized carbons (Fsp3) is 0.947. The first-order valence-electron chi connectivity index (χ1n) is 38.0. The van der Waals surface area contributed by atoms with Gasteiger partial charge in [0.2, 0.25) is 5.91 Å². The molecule has 86 heavy (non-hydrogen) atoms. The van der Waals surface area contributed by atoms with E-state index in [1.165, 1.54) is 315 Å². The molecule has 0 radical (unpaired) electrons. The summed E-state index contributed by atoms with van der Waals surface area (Å²) in [5.41, 5.74) is 0. The van der Waals surface area contributed by atoms with E-state index in [1.54, 1.807) is 6.08 Å². The number of hydrogen-bond acceptors (Lipinski definition) is 10. The zero-order valence-electron chi connectivity index (χ0n) is 56.8. The summed E-state index contributed by atoms with van der Waals surface area (Å²) in [5.74, 6) is -0.158. The summed E-state index contributed by atoms with van der Waals surface area (Å²) < 4.78 is 16.7. The summed E-state index contributed by atoms with van der Waals surface area (Å²) in [5, 5.41) is 54.3. The number of nitrogens with one attached hydrogen (secondary N) is 1. The van der Waals surface area contributed by atoms with Crippen LogP contribution >= 0.6 is 0 Å². The SMILES string of the molecule is CCCCCCCCC/C=C/C(O)C(COC1OC(CO)C(O)C(O)C1O)NC(=O)CCCCCCCCCCCCCCCCCCCCCCCCCCCCCCCCCCOC(=O)CCCCCCCCCCCCCCCCCCC. The van der Waals surface area contributed by atoms with Gasteiger partial charge in [0.1, 0.15) is 24.4 Å². The Balaban J connectivity index is 1.86. The van der Waals surface area contributed by atoms with Crippen LogP contribution < -0.4 is 5.32 Å². The number of esters is 1. The predicted molar refractivity (Wildman–Crippen MR) is 362 cm³/mol. The molecule has 0 bridgehead atoms. The number of rotatable bonds is 68. The molecule has 0 aliphatic carbocycles. The van der Waals surface area contributed by atoms with Crippen molar-refractivity contribution in [2.45, 2.75) is 436 Å². The van der Waals surface area contributed by atoms with Crippen LogP contribution in [0.25, 0.3) is 0 Å². The van der Waals surface area contributed by atoms with E-state index in [1.807, 2.05) is 6.08 Å². The Hall–Kier alpha value is -1.60. The number of hydrogen-bond donors (Lipinski definition) is 6. The average Bonchev–Trinajstić information content (AvgIpc) is 3.70. The molecule has 510 valence electrons. The smallest absolute Gasteiger partial charge is 0.305 e. The molecule has 7 atom stereocenters. The van der Waals surface area contributed by atoms with Crippen LogP contribution in [0, 0.1) is 0 Å². The molecule has 1 heterocycles. The lowest BCUT2D eigenvalue weighted by Crippen LogP contribution is -2.60. The van der Waals surface area contributed by atoms with Crippen molar-refractivity contribution in [1.29, 1.82) is 0 Å². The second kappa shape index (κ2) is 64.9. The van der Waals surface area contributed by atoms with Crippen molar-refractivity contribution in [3.63, 3.8) is 0 Å². The van der Waals surface area contributed by atoms with Crippen LogP contribution in [0.5, 0.6) is 0 Å². The highest BCUT2D eigenvalue weighted by Gasteiger charge is 2.44. The van der Waals surface area contributed by atoms with Crippen molar-refractivity contribution in [1.82, 2.24) is 5.32 Å². The van der Waals surface area contributed by atoms with Crippen LogP contribution in [-0.4, -0.2) is 100 Å². The van der Waals surface area contributed by atoms with Crippen LogP contribution in [0.2, 0.25) is 0 Å². The standard InChI is InChI=1S/C75H145NO10/c1-3-5-7-9-11-13-14-15-16-33-37-40-43-47-51-55-59-63-71(80)84-64-60-56-52-48-44-41-38-35-32-30-28-26-24-22-20-18-17-19-21-23-25-27-29-31-34-36-39-42-46-50-54-58-62-70(79)76-67(68(78)61-57-53-49-45-12-10-8-6-4-2)66-85-75-74(83)73(82)72(81)69(65-77)86-75/h57,61,67-69,72-75,77-78,81-83H,3-56,58-60,62-66H2,1-2H3,(H,76,79)/b61-57+. The molecule has 1 amide bonds. The highest BCUT2D eigenvalue weighted by Crippen LogP contribution is 2.24. The van der Waals surface area contributed by atoms with E-state index >= 15 is 0 Å². The molecule has 1 saturated heterocycles. The molecule has 1 fully saturated rings. The first-order valence-corrected chi connectivity index (χ1v) is 38.0. The third-order valence-electron chi connectivity index (χ3n) is 18.4.